The Morgan fingerprint density at radius 3 is 2.38 bits per heavy atom. The summed E-state index contributed by atoms with van der Waals surface area (Å²) in [5.41, 5.74) is -0.864. The molecular weight excluding hydrogens is 329 g/mol. The molecule has 0 aromatic heterocycles. The Labute approximate surface area is 146 Å². The van der Waals surface area contributed by atoms with E-state index in [0.717, 1.165) is 11.8 Å². The highest BCUT2D eigenvalue weighted by Gasteiger charge is 2.58. The van der Waals surface area contributed by atoms with Gasteiger partial charge in [0.15, 0.2) is 5.17 Å². The molecule has 1 aromatic rings. The van der Waals surface area contributed by atoms with E-state index in [1.165, 1.54) is 11.1 Å². The highest BCUT2D eigenvalue weighted by molar-refractivity contribution is 8.16. The quantitative estimate of drug-likeness (QED) is 0.643. The molecule has 1 heterocycles. The van der Waals surface area contributed by atoms with Crippen molar-refractivity contribution in [3.05, 3.63) is 35.6 Å². The molecule has 1 aliphatic heterocycles. The van der Waals surface area contributed by atoms with Crippen molar-refractivity contribution >= 4 is 22.8 Å². The molecular formula is C17H24FN3O2S. The summed E-state index contributed by atoms with van der Waals surface area (Å²) in [5.74, 6) is 5.19. The Morgan fingerprint density at radius 2 is 1.92 bits per heavy atom. The normalized spacial score (nSPS) is 22.7. The SMILES string of the molecule is CC(C)C1(C(C)(C)O)SC(N(N)[C@@H](C)c2ccccc2F)=NC1=O. The zero-order valence-corrected chi connectivity index (χ0v) is 15.4. The number of carbonyl (C=O) groups excluding carboxylic acids is 1. The number of nitrogens with two attached hydrogens (primary N) is 1. The van der Waals surface area contributed by atoms with Gasteiger partial charge >= 0.3 is 0 Å². The van der Waals surface area contributed by atoms with Gasteiger partial charge in [0.25, 0.3) is 5.91 Å². The van der Waals surface area contributed by atoms with Crippen LogP contribution in [0.1, 0.15) is 46.2 Å². The summed E-state index contributed by atoms with van der Waals surface area (Å²) in [4.78, 5) is 16.7. The molecule has 2 rings (SSSR count). The molecule has 24 heavy (non-hydrogen) atoms. The number of hydrogen-bond donors (Lipinski definition) is 2. The highest BCUT2D eigenvalue weighted by Crippen LogP contribution is 2.48. The van der Waals surface area contributed by atoms with Crippen LogP contribution in [0.5, 0.6) is 0 Å². The van der Waals surface area contributed by atoms with Crippen LogP contribution in [0, 0.1) is 11.7 Å². The summed E-state index contributed by atoms with van der Waals surface area (Å²) in [7, 11) is 0. The van der Waals surface area contributed by atoms with E-state index in [1.54, 1.807) is 39.0 Å². The van der Waals surface area contributed by atoms with Gasteiger partial charge in [0.2, 0.25) is 0 Å². The minimum Gasteiger partial charge on any atom is -0.388 e. The first-order chi connectivity index (χ1) is 11.0. The number of hydrogen-bond acceptors (Lipinski definition) is 5. The maximum atomic E-state index is 14.0. The zero-order chi connectivity index (χ0) is 18.3. The summed E-state index contributed by atoms with van der Waals surface area (Å²) in [5, 5.41) is 12.1. The molecule has 0 saturated carbocycles. The third-order valence-electron chi connectivity index (χ3n) is 4.48. The second kappa shape index (κ2) is 6.46. The average Bonchev–Trinajstić information content (AvgIpc) is 2.84. The number of rotatable bonds is 4. The fourth-order valence-corrected chi connectivity index (χ4v) is 4.38. The van der Waals surface area contributed by atoms with E-state index < -0.39 is 22.3 Å². The molecule has 0 fully saturated rings. The smallest absolute Gasteiger partial charge is 0.268 e. The molecule has 1 amide bonds. The van der Waals surface area contributed by atoms with Gasteiger partial charge in [-0.15, -0.1) is 0 Å². The number of amidine groups is 1. The lowest BCUT2D eigenvalue weighted by Gasteiger charge is -2.40. The van der Waals surface area contributed by atoms with Crippen molar-refractivity contribution in [3.63, 3.8) is 0 Å². The van der Waals surface area contributed by atoms with Crippen molar-refractivity contribution < 1.29 is 14.3 Å². The second-order valence-electron chi connectivity index (χ2n) is 6.86. The molecule has 5 nitrogen and oxygen atoms in total. The van der Waals surface area contributed by atoms with E-state index >= 15 is 0 Å². The summed E-state index contributed by atoms with van der Waals surface area (Å²) in [6.45, 7) is 8.66. The van der Waals surface area contributed by atoms with E-state index in [0.29, 0.717) is 5.56 Å². The molecule has 132 valence electrons. The Morgan fingerprint density at radius 1 is 1.33 bits per heavy atom. The van der Waals surface area contributed by atoms with Gasteiger partial charge in [-0.1, -0.05) is 43.8 Å². The van der Waals surface area contributed by atoms with Gasteiger partial charge in [-0.05, 0) is 32.8 Å². The summed E-state index contributed by atoms with van der Waals surface area (Å²) >= 11 is 1.15. The van der Waals surface area contributed by atoms with Crippen molar-refractivity contribution in [1.29, 1.82) is 0 Å². The van der Waals surface area contributed by atoms with Gasteiger partial charge in [0.1, 0.15) is 10.6 Å². The number of benzene rings is 1. The van der Waals surface area contributed by atoms with Crippen LogP contribution in [0.2, 0.25) is 0 Å². The molecule has 2 atom stereocenters. The van der Waals surface area contributed by atoms with E-state index in [2.05, 4.69) is 4.99 Å². The van der Waals surface area contributed by atoms with Gasteiger partial charge in [0, 0.05) is 5.56 Å². The molecule has 7 heteroatoms. The standard InChI is InChI=1S/C17H24FN3O2S/c1-10(2)17(16(4,5)23)14(22)20-15(24-17)21(19)11(3)12-8-6-7-9-13(12)18/h6-11,23H,19H2,1-5H3/t11-,17?/m0/s1. The topological polar surface area (TPSA) is 78.9 Å². The van der Waals surface area contributed by atoms with Gasteiger partial charge in [-0.3, -0.25) is 9.80 Å². The highest BCUT2D eigenvalue weighted by atomic mass is 32.2. The first kappa shape index (κ1) is 18.9. The van der Waals surface area contributed by atoms with Crippen LogP contribution < -0.4 is 5.84 Å². The van der Waals surface area contributed by atoms with Crippen LogP contribution >= 0.6 is 11.8 Å². The Kier molecular flexibility index (Phi) is 5.09. The lowest BCUT2D eigenvalue weighted by Crippen LogP contribution is -2.55. The largest absolute Gasteiger partial charge is 0.388 e. The zero-order valence-electron chi connectivity index (χ0n) is 14.6. The van der Waals surface area contributed by atoms with Gasteiger partial charge in [0.05, 0.1) is 11.6 Å². The number of carbonyl (C=O) groups is 1. The molecule has 0 radical (unpaired) electrons. The van der Waals surface area contributed by atoms with Crippen LogP contribution in [0.25, 0.3) is 0 Å². The monoisotopic (exact) mass is 353 g/mol. The van der Waals surface area contributed by atoms with Crippen LogP contribution in [-0.2, 0) is 4.79 Å². The number of aliphatic imine (C=N–C) groups is 1. The van der Waals surface area contributed by atoms with E-state index in [1.807, 2.05) is 13.8 Å². The molecule has 0 spiro atoms. The maximum absolute atomic E-state index is 14.0. The fourth-order valence-electron chi connectivity index (χ4n) is 3.08. The van der Waals surface area contributed by atoms with Crippen molar-refractivity contribution in [3.8, 4) is 0 Å². The van der Waals surface area contributed by atoms with E-state index in [-0.39, 0.29) is 16.9 Å². The van der Waals surface area contributed by atoms with Gasteiger partial charge in [-0.2, -0.15) is 4.99 Å². The van der Waals surface area contributed by atoms with Crippen molar-refractivity contribution in [2.45, 2.75) is 51.0 Å². The minimum atomic E-state index is -1.28. The van der Waals surface area contributed by atoms with Crippen LogP contribution in [-0.4, -0.2) is 31.5 Å². The molecule has 3 N–H and O–H groups in total. The molecule has 1 aromatic carbocycles. The Hall–Kier alpha value is -1.44. The van der Waals surface area contributed by atoms with E-state index in [4.69, 9.17) is 5.84 Å². The molecule has 1 unspecified atom stereocenters. The molecule has 1 aliphatic rings. The van der Waals surface area contributed by atoms with Crippen LogP contribution in [0.15, 0.2) is 29.3 Å². The fraction of sp³-hybridized carbons (Fsp3) is 0.529. The number of nitrogens with zero attached hydrogens (tertiary/aromatic N) is 2. The predicted octanol–water partition coefficient (Wildman–Crippen LogP) is 2.86. The lowest BCUT2D eigenvalue weighted by atomic mass is 9.80. The molecule has 0 bridgehead atoms. The Bertz CT molecular complexity index is 672. The summed E-state index contributed by atoms with van der Waals surface area (Å²) in [6, 6.07) is 5.84. The first-order valence-corrected chi connectivity index (χ1v) is 8.67. The lowest BCUT2D eigenvalue weighted by molar-refractivity contribution is -0.127. The molecule has 0 saturated heterocycles. The first-order valence-electron chi connectivity index (χ1n) is 7.85. The van der Waals surface area contributed by atoms with Crippen molar-refractivity contribution in [2.24, 2.45) is 16.8 Å². The van der Waals surface area contributed by atoms with Crippen LogP contribution in [0.3, 0.4) is 0 Å². The maximum Gasteiger partial charge on any atom is 0.268 e. The predicted molar refractivity (Wildman–Crippen MR) is 94.7 cm³/mol. The summed E-state index contributed by atoms with van der Waals surface area (Å²) < 4.78 is 12.9. The van der Waals surface area contributed by atoms with Gasteiger partial charge in [-0.25, -0.2) is 10.2 Å². The number of halogens is 1. The van der Waals surface area contributed by atoms with E-state index in [9.17, 15) is 14.3 Å². The Balaban J connectivity index is 2.33. The average molecular weight is 353 g/mol. The van der Waals surface area contributed by atoms with Crippen molar-refractivity contribution in [2.75, 3.05) is 0 Å². The number of amides is 1. The van der Waals surface area contributed by atoms with Crippen molar-refractivity contribution in [1.82, 2.24) is 5.01 Å². The summed E-state index contributed by atoms with van der Waals surface area (Å²) in [6.07, 6.45) is 0. The third-order valence-corrected chi connectivity index (χ3v) is 6.43. The van der Waals surface area contributed by atoms with Gasteiger partial charge < -0.3 is 5.11 Å². The number of hydrazine groups is 1. The molecule has 0 aliphatic carbocycles. The third kappa shape index (κ3) is 2.96. The number of aliphatic hydroxyl groups is 1. The second-order valence-corrected chi connectivity index (χ2v) is 8.07. The number of thioether (sulfide) groups is 1. The van der Waals surface area contributed by atoms with Crippen LogP contribution in [0.4, 0.5) is 4.39 Å². The minimum absolute atomic E-state index is 0.159.